The molecule has 0 bridgehead atoms. The molecule has 1 heterocycles. The van der Waals surface area contributed by atoms with Crippen LogP contribution >= 0.6 is 0 Å². The smallest absolute Gasteiger partial charge is 0.416 e. The molecule has 6 nitrogen and oxygen atoms in total. The number of piperidine rings is 1. The number of likely N-dealkylation sites (tertiary alicyclic amines) is 1. The molecule has 0 saturated carbocycles. The fraction of sp³-hybridized carbons (Fsp3) is 0.500. The molecule has 1 aliphatic rings. The maximum Gasteiger partial charge on any atom is 0.416 e. The van der Waals surface area contributed by atoms with E-state index in [0.717, 1.165) is 6.07 Å². The number of nitrogens with zero attached hydrogens (tertiary/aromatic N) is 1. The van der Waals surface area contributed by atoms with Crippen molar-refractivity contribution in [1.29, 1.82) is 0 Å². The van der Waals surface area contributed by atoms with Crippen molar-refractivity contribution in [3.05, 3.63) is 29.3 Å². The molecule has 0 unspecified atom stereocenters. The average molecular weight is 360 g/mol. The molecule has 0 aromatic heterocycles. The van der Waals surface area contributed by atoms with E-state index >= 15 is 0 Å². The summed E-state index contributed by atoms with van der Waals surface area (Å²) in [6.07, 6.45) is -4.88. The number of methoxy groups -OCH3 is 1. The van der Waals surface area contributed by atoms with Gasteiger partial charge in [0.25, 0.3) is 0 Å². The largest absolute Gasteiger partial charge is 0.497 e. The Morgan fingerprint density at radius 1 is 1.32 bits per heavy atom. The first-order valence-corrected chi connectivity index (χ1v) is 7.72. The quantitative estimate of drug-likeness (QED) is 0.865. The Hall–Kier alpha value is -2.45. The van der Waals surface area contributed by atoms with Crippen molar-refractivity contribution in [3.8, 4) is 5.75 Å². The summed E-state index contributed by atoms with van der Waals surface area (Å²) in [6.45, 7) is 0.227. The van der Waals surface area contributed by atoms with Crippen LogP contribution in [-0.2, 0) is 17.5 Å². The van der Waals surface area contributed by atoms with Crippen molar-refractivity contribution >= 4 is 12.0 Å². The van der Waals surface area contributed by atoms with Gasteiger partial charge in [-0.3, -0.25) is 4.79 Å². The molecule has 0 atom stereocenters. The Morgan fingerprint density at radius 2 is 1.96 bits per heavy atom. The Balaban J connectivity index is 1.99. The SMILES string of the molecule is COc1ccc(CNC(=O)C2CCN(C(=O)O)CC2)c(C(F)(F)F)c1. The number of rotatable bonds is 4. The van der Waals surface area contributed by atoms with Crippen LogP contribution in [0.3, 0.4) is 0 Å². The van der Waals surface area contributed by atoms with Gasteiger partial charge in [0.1, 0.15) is 5.75 Å². The number of nitrogens with one attached hydrogen (secondary N) is 1. The van der Waals surface area contributed by atoms with Crippen LogP contribution in [0.5, 0.6) is 5.75 Å². The summed E-state index contributed by atoms with van der Waals surface area (Å²) in [5.41, 5.74) is -0.905. The third-order valence-electron chi connectivity index (χ3n) is 4.21. The van der Waals surface area contributed by atoms with E-state index in [9.17, 15) is 22.8 Å². The summed E-state index contributed by atoms with van der Waals surface area (Å²) in [7, 11) is 1.28. The van der Waals surface area contributed by atoms with Crippen molar-refractivity contribution in [3.63, 3.8) is 0 Å². The first-order valence-electron chi connectivity index (χ1n) is 7.72. The molecule has 0 radical (unpaired) electrons. The third-order valence-corrected chi connectivity index (χ3v) is 4.21. The van der Waals surface area contributed by atoms with Gasteiger partial charge in [0.2, 0.25) is 5.91 Å². The van der Waals surface area contributed by atoms with Gasteiger partial charge in [0.05, 0.1) is 12.7 Å². The maximum absolute atomic E-state index is 13.1. The van der Waals surface area contributed by atoms with Gasteiger partial charge in [-0.1, -0.05) is 6.07 Å². The number of hydrogen-bond acceptors (Lipinski definition) is 3. The van der Waals surface area contributed by atoms with Gasteiger partial charge in [-0.25, -0.2) is 4.79 Å². The number of amides is 2. The van der Waals surface area contributed by atoms with Crippen LogP contribution in [0.25, 0.3) is 0 Å². The van der Waals surface area contributed by atoms with E-state index in [1.165, 1.54) is 24.1 Å². The molecule has 9 heteroatoms. The average Bonchev–Trinajstić information content (AvgIpc) is 2.58. The lowest BCUT2D eigenvalue weighted by molar-refractivity contribution is -0.138. The van der Waals surface area contributed by atoms with E-state index < -0.39 is 23.8 Å². The van der Waals surface area contributed by atoms with Gasteiger partial charge < -0.3 is 20.1 Å². The molecule has 1 saturated heterocycles. The number of hydrogen-bond donors (Lipinski definition) is 2. The minimum atomic E-state index is -4.55. The number of halogens is 3. The van der Waals surface area contributed by atoms with Gasteiger partial charge in [0.15, 0.2) is 0 Å². The highest BCUT2D eigenvalue weighted by Crippen LogP contribution is 2.34. The number of ether oxygens (including phenoxy) is 1. The van der Waals surface area contributed by atoms with Gasteiger partial charge in [-0.2, -0.15) is 13.2 Å². The van der Waals surface area contributed by atoms with Crippen molar-refractivity contribution in [2.24, 2.45) is 5.92 Å². The fourth-order valence-electron chi connectivity index (χ4n) is 2.76. The van der Waals surface area contributed by atoms with Crippen LogP contribution in [0.2, 0.25) is 0 Å². The molecule has 1 aromatic carbocycles. The lowest BCUT2D eigenvalue weighted by Gasteiger charge is -2.29. The number of carbonyl (C=O) groups excluding carboxylic acids is 1. The minimum absolute atomic E-state index is 0.0513. The molecule has 1 aromatic rings. The van der Waals surface area contributed by atoms with Crippen molar-refractivity contribution in [2.45, 2.75) is 25.6 Å². The lowest BCUT2D eigenvalue weighted by atomic mass is 9.96. The summed E-state index contributed by atoms with van der Waals surface area (Å²) in [4.78, 5) is 24.2. The van der Waals surface area contributed by atoms with Gasteiger partial charge in [0, 0.05) is 25.6 Å². The Bertz CT molecular complexity index is 641. The van der Waals surface area contributed by atoms with Crippen LogP contribution in [0, 0.1) is 5.92 Å². The summed E-state index contributed by atoms with van der Waals surface area (Å²) in [6, 6.07) is 3.57. The second kappa shape index (κ2) is 7.62. The van der Waals surface area contributed by atoms with Crippen LogP contribution in [0.1, 0.15) is 24.0 Å². The number of alkyl halides is 3. The number of carboxylic acid groups (broad SMARTS) is 1. The minimum Gasteiger partial charge on any atom is -0.497 e. The molecule has 0 aliphatic carbocycles. The second-order valence-corrected chi connectivity index (χ2v) is 5.78. The fourth-order valence-corrected chi connectivity index (χ4v) is 2.76. The topological polar surface area (TPSA) is 78.9 Å². The Kier molecular flexibility index (Phi) is 5.76. The monoisotopic (exact) mass is 360 g/mol. The van der Waals surface area contributed by atoms with Gasteiger partial charge >= 0.3 is 12.3 Å². The Labute approximate surface area is 142 Å². The van der Waals surface area contributed by atoms with E-state index in [2.05, 4.69) is 5.32 Å². The number of carbonyl (C=O) groups is 2. The summed E-state index contributed by atoms with van der Waals surface area (Å²) >= 11 is 0. The second-order valence-electron chi connectivity index (χ2n) is 5.78. The molecule has 1 fully saturated rings. The molecule has 0 spiro atoms. The maximum atomic E-state index is 13.1. The predicted octanol–water partition coefficient (Wildman–Crippen LogP) is 2.72. The molecular weight excluding hydrogens is 341 g/mol. The van der Waals surface area contributed by atoms with E-state index in [1.807, 2.05) is 0 Å². The molecule has 25 heavy (non-hydrogen) atoms. The zero-order valence-electron chi connectivity index (χ0n) is 13.6. The van der Waals surface area contributed by atoms with Gasteiger partial charge in [-0.05, 0) is 30.5 Å². The van der Waals surface area contributed by atoms with E-state index in [1.54, 1.807) is 0 Å². The first-order chi connectivity index (χ1) is 11.7. The molecule has 2 N–H and O–H groups in total. The highest BCUT2D eigenvalue weighted by atomic mass is 19.4. The Morgan fingerprint density at radius 3 is 2.48 bits per heavy atom. The number of benzene rings is 1. The van der Waals surface area contributed by atoms with Crippen molar-refractivity contribution in [2.75, 3.05) is 20.2 Å². The molecule has 2 amide bonds. The van der Waals surface area contributed by atoms with Gasteiger partial charge in [-0.15, -0.1) is 0 Å². The van der Waals surface area contributed by atoms with Crippen molar-refractivity contribution in [1.82, 2.24) is 10.2 Å². The lowest BCUT2D eigenvalue weighted by Crippen LogP contribution is -2.42. The standard InChI is InChI=1S/C16H19F3N2O4/c1-25-12-3-2-11(13(8-12)16(17,18)19)9-20-14(22)10-4-6-21(7-5-10)15(23)24/h2-3,8,10H,4-7,9H2,1H3,(H,20,22)(H,23,24). The summed E-state index contributed by atoms with van der Waals surface area (Å²) < 4.78 is 44.2. The normalized spacial score (nSPS) is 15.8. The zero-order valence-corrected chi connectivity index (χ0v) is 13.6. The van der Waals surface area contributed by atoms with Crippen molar-refractivity contribution < 1.29 is 32.6 Å². The molecule has 138 valence electrons. The van der Waals surface area contributed by atoms with Crippen LogP contribution < -0.4 is 10.1 Å². The van der Waals surface area contributed by atoms with E-state index in [-0.39, 0.29) is 36.9 Å². The summed E-state index contributed by atoms with van der Waals surface area (Å²) in [5.74, 6) is -0.680. The molecular formula is C16H19F3N2O4. The van der Waals surface area contributed by atoms with E-state index in [0.29, 0.717) is 12.8 Å². The molecule has 1 aliphatic heterocycles. The third kappa shape index (κ3) is 4.77. The highest BCUT2D eigenvalue weighted by molar-refractivity contribution is 5.79. The van der Waals surface area contributed by atoms with Crippen LogP contribution in [-0.4, -0.2) is 42.2 Å². The zero-order chi connectivity index (χ0) is 18.6. The van der Waals surface area contributed by atoms with Crippen LogP contribution in [0.4, 0.5) is 18.0 Å². The van der Waals surface area contributed by atoms with Crippen LogP contribution in [0.15, 0.2) is 18.2 Å². The summed E-state index contributed by atoms with van der Waals surface area (Å²) in [5, 5.41) is 11.4. The first kappa shape index (κ1) is 18.9. The molecule has 2 rings (SSSR count). The van der Waals surface area contributed by atoms with E-state index in [4.69, 9.17) is 9.84 Å². The highest BCUT2D eigenvalue weighted by Gasteiger charge is 2.34. The predicted molar refractivity (Wildman–Crippen MR) is 82.2 cm³/mol.